The highest BCUT2D eigenvalue weighted by Gasteiger charge is 2.13. The van der Waals surface area contributed by atoms with Gasteiger partial charge in [-0.15, -0.1) is 17.9 Å². The van der Waals surface area contributed by atoms with Gasteiger partial charge in [-0.1, -0.05) is 30.3 Å². The highest BCUT2D eigenvalue weighted by molar-refractivity contribution is 7.21. The van der Waals surface area contributed by atoms with E-state index < -0.39 is 0 Å². The van der Waals surface area contributed by atoms with E-state index in [1.54, 1.807) is 18.4 Å². The van der Waals surface area contributed by atoms with Crippen LogP contribution in [0.25, 0.3) is 20.8 Å². The summed E-state index contributed by atoms with van der Waals surface area (Å²) in [5.41, 5.74) is 3.31. The molecule has 0 aliphatic carbocycles. The third kappa shape index (κ3) is 2.21. The smallest absolute Gasteiger partial charge is 0.125 e. The summed E-state index contributed by atoms with van der Waals surface area (Å²) in [6.45, 7) is 3.84. The van der Waals surface area contributed by atoms with E-state index in [-0.39, 0.29) is 0 Å². The van der Waals surface area contributed by atoms with Gasteiger partial charge in [-0.25, -0.2) is 4.98 Å². The monoisotopic (exact) mass is 281 g/mol. The molecule has 0 saturated heterocycles. The van der Waals surface area contributed by atoms with Crippen molar-refractivity contribution in [1.82, 2.24) is 4.98 Å². The van der Waals surface area contributed by atoms with Crippen LogP contribution >= 0.6 is 11.3 Å². The molecule has 0 saturated carbocycles. The van der Waals surface area contributed by atoms with Crippen LogP contribution in [0.3, 0.4) is 0 Å². The summed E-state index contributed by atoms with van der Waals surface area (Å²) in [4.78, 5) is 4.73. The SMILES string of the molecule is C=CCc1c(OC)cccc1-c1nc2ccccc2s1. The second-order valence-electron chi connectivity index (χ2n) is 4.47. The second kappa shape index (κ2) is 5.47. The molecule has 3 heteroatoms. The van der Waals surface area contributed by atoms with Gasteiger partial charge in [-0.2, -0.15) is 0 Å². The van der Waals surface area contributed by atoms with Crippen LogP contribution in [0.15, 0.2) is 55.1 Å². The number of benzene rings is 2. The summed E-state index contributed by atoms with van der Waals surface area (Å²) in [6, 6.07) is 14.3. The quantitative estimate of drug-likeness (QED) is 0.647. The Balaban J connectivity index is 2.19. The fraction of sp³-hybridized carbons (Fsp3) is 0.118. The maximum Gasteiger partial charge on any atom is 0.125 e. The lowest BCUT2D eigenvalue weighted by molar-refractivity contribution is 0.411. The second-order valence-corrected chi connectivity index (χ2v) is 5.50. The Bertz CT molecular complexity index is 728. The molecule has 0 aliphatic heterocycles. The number of para-hydroxylation sites is 1. The van der Waals surface area contributed by atoms with Crippen molar-refractivity contribution in [3.63, 3.8) is 0 Å². The van der Waals surface area contributed by atoms with E-state index in [4.69, 9.17) is 9.72 Å². The van der Waals surface area contributed by atoms with Crippen LogP contribution in [0.1, 0.15) is 5.56 Å². The van der Waals surface area contributed by atoms with Crippen LogP contribution in [0, 0.1) is 0 Å². The Hall–Kier alpha value is -2.13. The molecule has 20 heavy (non-hydrogen) atoms. The van der Waals surface area contributed by atoms with Crippen LogP contribution < -0.4 is 4.74 Å². The fourth-order valence-corrected chi connectivity index (χ4v) is 3.32. The minimum atomic E-state index is 0.773. The first-order valence-electron chi connectivity index (χ1n) is 6.46. The lowest BCUT2D eigenvalue weighted by atomic mass is 10.0. The largest absolute Gasteiger partial charge is 0.496 e. The summed E-state index contributed by atoms with van der Waals surface area (Å²) in [5, 5.41) is 1.03. The van der Waals surface area contributed by atoms with Gasteiger partial charge in [0.25, 0.3) is 0 Å². The maximum absolute atomic E-state index is 5.46. The third-order valence-corrected chi connectivity index (χ3v) is 4.30. The molecule has 0 amide bonds. The summed E-state index contributed by atoms with van der Waals surface area (Å²) in [6.07, 6.45) is 2.67. The molecule has 3 aromatic rings. The number of allylic oxidation sites excluding steroid dienone is 1. The zero-order chi connectivity index (χ0) is 13.9. The molecule has 100 valence electrons. The van der Waals surface area contributed by atoms with E-state index >= 15 is 0 Å². The van der Waals surface area contributed by atoms with Crippen molar-refractivity contribution < 1.29 is 4.74 Å². The van der Waals surface area contributed by atoms with Gasteiger partial charge in [0, 0.05) is 11.1 Å². The number of thiazole rings is 1. The first kappa shape index (κ1) is 12.9. The Labute approximate surface area is 122 Å². The minimum Gasteiger partial charge on any atom is -0.496 e. The van der Waals surface area contributed by atoms with Gasteiger partial charge in [0.2, 0.25) is 0 Å². The predicted molar refractivity (Wildman–Crippen MR) is 85.5 cm³/mol. The highest BCUT2D eigenvalue weighted by atomic mass is 32.1. The lowest BCUT2D eigenvalue weighted by Gasteiger charge is -2.10. The number of ether oxygens (including phenoxy) is 1. The Kier molecular flexibility index (Phi) is 3.52. The number of rotatable bonds is 4. The fourth-order valence-electron chi connectivity index (χ4n) is 2.30. The van der Waals surface area contributed by atoms with Crippen molar-refractivity contribution in [2.24, 2.45) is 0 Å². The molecule has 1 heterocycles. The molecule has 0 radical (unpaired) electrons. The van der Waals surface area contributed by atoms with Gasteiger partial charge in [-0.3, -0.25) is 0 Å². The number of hydrogen-bond acceptors (Lipinski definition) is 3. The van der Waals surface area contributed by atoms with Crippen molar-refractivity contribution in [3.8, 4) is 16.3 Å². The van der Waals surface area contributed by atoms with Crippen molar-refractivity contribution >= 4 is 21.6 Å². The van der Waals surface area contributed by atoms with E-state index in [9.17, 15) is 0 Å². The molecular formula is C17H15NOS. The predicted octanol–water partition coefficient (Wildman–Crippen LogP) is 4.70. The maximum atomic E-state index is 5.46. The minimum absolute atomic E-state index is 0.773. The molecule has 0 fully saturated rings. The van der Waals surface area contributed by atoms with Gasteiger partial charge in [0.05, 0.1) is 17.3 Å². The third-order valence-electron chi connectivity index (χ3n) is 3.23. The van der Waals surface area contributed by atoms with E-state index in [1.165, 1.54) is 4.70 Å². The average molecular weight is 281 g/mol. The number of fused-ring (bicyclic) bond motifs is 1. The van der Waals surface area contributed by atoms with Crippen molar-refractivity contribution in [2.75, 3.05) is 7.11 Å². The molecule has 0 aliphatic rings. The number of methoxy groups -OCH3 is 1. The molecule has 3 rings (SSSR count). The van der Waals surface area contributed by atoms with E-state index in [2.05, 4.69) is 18.7 Å². The molecule has 0 unspecified atom stereocenters. The Morgan fingerprint density at radius 2 is 2.05 bits per heavy atom. The molecule has 0 N–H and O–H groups in total. The highest BCUT2D eigenvalue weighted by Crippen LogP contribution is 2.35. The number of hydrogen-bond donors (Lipinski definition) is 0. The molecular weight excluding hydrogens is 266 g/mol. The zero-order valence-electron chi connectivity index (χ0n) is 11.3. The van der Waals surface area contributed by atoms with Crippen molar-refractivity contribution in [2.45, 2.75) is 6.42 Å². The first-order chi connectivity index (χ1) is 9.83. The van der Waals surface area contributed by atoms with Crippen LogP contribution in [0.4, 0.5) is 0 Å². The summed E-state index contributed by atoms with van der Waals surface area (Å²) < 4.78 is 6.67. The molecule has 0 bridgehead atoms. The molecule has 0 atom stereocenters. The van der Waals surface area contributed by atoms with Crippen LogP contribution in [0.2, 0.25) is 0 Å². The molecule has 2 nitrogen and oxygen atoms in total. The first-order valence-corrected chi connectivity index (χ1v) is 7.28. The van der Waals surface area contributed by atoms with E-state index in [0.717, 1.165) is 33.8 Å². The molecule has 2 aromatic carbocycles. The average Bonchev–Trinajstić information content (AvgIpc) is 2.91. The van der Waals surface area contributed by atoms with E-state index in [0.29, 0.717) is 0 Å². The Morgan fingerprint density at radius 1 is 1.20 bits per heavy atom. The normalized spacial score (nSPS) is 10.7. The molecule has 1 aromatic heterocycles. The zero-order valence-corrected chi connectivity index (χ0v) is 12.1. The van der Waals surface area contributed by atoms with Crippen LogP contribution in [0.5, 0.6) is 5.75 Å². The topological polar surface area (TPSA) is 22.1 Å². The van der Waals surface area contributed by atoms with Crippen molar-refractivity contribution in [1.29, 1.82) is 0 Å². The van der Waals surface area contributed by atoms with Crippen LogP contribution in [-0.2, 0) is 6.42 Å². The summed E-state index contributed by atoms with van der Waals surface area (Å²) in [7, 11) is 1.70. The molecule has 0 spiro atoms. The van der Waals surface area contributed by atoms with Gasteiger partial charge in [0.15, 0.2) is 0 Å². The standard InChI is InChI=1S/C17H15NOS/c1-3-7-12-13(8-6-10-15(12)19-2)17-18-14-9-4-5-11-16(14)20-17/h3-6,8-11H,1,7H2,2H3. The van der Waals surface area contributed by atoms with Gasteiger partial charge < -0.3 is 4.74 Å². The van der Waals surface area contributed by atoms with Gasteiger partial charge in [-0.05, 0) is 24.6 Å². The van der Waals surface area contributed by atoms with E-state index in [1.807, 2.05) is 36.4 Å². The summed E-state index contributed by atoms with van der Waals surface area (Å²) >= 11 is 1.71. The Morgan fingerprint density at radius 3 is 2.80 bits per heavy atom. The number of aromatic nitrogens is 1. The van der Waals surface area contributed by atoms with Crippen molar-refractivity contribution in [3.05, 3.63) is 60.7 Å². The lowest BCUT2D eigenvalue weighted by Crippen LogP contribution is -1.94. The van der Waals surface area contributed by atoms with Gasteiger partial charge >= 0.3 is 0 Å². The van der Waals surface area contributed by atoms with Gasteiger partial charge in [0.1, 0.15) is 10.8 Å². The summed E-state index contributed by atoms with van der Waals surface area (Å²) in [5.74, 6) is 0.890. The van der Waals surface area contributed by atoms with Crippen LogP contribution in [-0.4, -0.2) is 12.1 Å². The number of nitrogens with zero attached hydrogens (tertiary/aromatic N) is 1.